The fourth-order valence-electron chi connectivity index (χ4n) is 2.34. The molecule has 0 radical (unpaired) electrons. The van der Waals surface area contributed by atoms with E-state index in [2.05, 4.69) is 56.4 Å². The molecule has 3 rings (SSSR count). The normalized spacial score (nSPS) is 33.1. The number of fused-ring (bicyclic) bond motifs is 2. The van der Waals surface area contributed by atoms with E-state index < -0.39 is 0 Å². The van der Waals surface area contributed by atoms with Gasteiger partial charge in [0, 0.05) is 0 Å². The molecule has 0 heteroatoms. The Morgan fingerprint density at radius 3 is 1.71 bits per heavy atom. The molecule has 0 aromatic heterocycles. The monoisotopic (exact) mass is 232 g/mol. The van der Waals surface area contributed by atoms with Crippen molar-refractivity contribution < 1.29 is 0 Å². The van der Waals surface area contributed by atoms with Gasteiger partial charge in [-0.25, -0.2) is 0 Å². The summed E-state index contributed by atoms with van der Waals surface area (Å²) in [6.07, 6.45) is 18.4. The van der Waals surface area contributed by atoms with Crippen LogP contribution in [0, 0.1) is 17.8 Å². The molecule has 0 saturated carbocycles. The van der Waals surface area contributed by atoms with Crippen molar-refractivity contribution in [1.29, 1.82) is 0 Å². The van der Waals surface area contributed by atoms with Crippen LogP contribution < -0.4 is 0 Å². The number of allylic oxidation sites excluding steroid dienone is 8. The zero-order chi connectivity index (χ0) is 10.7. The first kappa shape index (κ1) is 16.0. The minimum atomic E-state index is 0. The first-order valence-electron chi connectivity index (χ1n) is 5.98. The highest BCUT2D eigenvalue weighted by atomic mass is 14.2. The predicted molar refractivity (Wildman–Crippen MR) is 80.0 cm³/mol. The molecule has 0 aromatic rings. The van der Waals surface area contributed by atoms with Gasteiger partial charge in [0.25, 0.3) is 0 Å². The third kappa shape index (κ3) is 4.38. The minimum Gasteiger partial charge on any atom is -0.0844 e. The van der Waals surface area contributed by atoms with Gasteiger partial charge in [0.2, 0.25) is 0 Å². The highest BCUT2D eigenvalue weighted by molar-refractivity contribution is 5.25. The largest absolute Gasteiger partial charge is 0.0844 e. The van der Waals surface area contributed by atoms with Crippen molar-refractivity contribution in [2.24, 2.45) is 17.8 Å². The average molecular weight is 232 g/mol. The zero-order valence-electron chi connectivity index (χ0n) is 9.69. The van der Waals surface area contributed by atoms with Gasteiger partial charge in [-0.3, -0.25) is 0 Å². The van der Waals surface area contributed by atoms with E-state index in [0.717, 1.165) is 17.8 Å². The fraction of sp³-hybridized carbons (Fsp3) is 0.529. The maximum Gasteiger partial charge on any atom is -0.00445 e. The molecular formula is C17H28. The van der Waals surface area contributed by atoms with Crippen LogP contribution in [0.1, 0.15) is 41.5 Å². The summed E-state index contributed by atoms with van der Waals surface area (Å²) < 4.78 is 0. The van der Waals surface area contributed by atoms with Gasteiger partial charge in [-0.1, -0.05) is 69.9 Å². The fourth-order valence-corrected chi connectivity index (χ4v) is 2.34. The maximum atomic E-state index is 2.30. The van der Waals surface area contributed by atoms with Gasteiger partial charge >= 0.3 is 0 Å². The molecule has 2 bridgehead atoms. The van der Waals surface area contributed by atoms with E-state index in [4.69, 9.17) is 0 Å². The quantitative estimate of drug-likeness (QED) is 0.480. The van der Waals surface area contributed by atoms with Gasteiger partial charge in [-0.15, -0.1) is 0 Å². The molecule has 0 aliphatic heterocycles. The maximum absolute atomic E-state index is 2.30. The molecule has 96 valence electrons. The third-order valence-corrected chi connectivity index (χ3v) is 3.32. The van der Waals surface area contributed by atoms with Crippen LogP contribution in [-0.2, 0) is 0 Å². The predicted octanol–water partition coefficient (Wildman–Crippen LogP) is 5.55. The molecule has 0 aromatic carbocycles. The standard InChI is InChI=1S/C8H12.C7H8.2CH4/c1-3-8-5-4-7(2)6-8;1-2-7-4-3-6(1)5-7;;/h3-5,7H,6H2,1-2H3;1-4,6-7H,5H2;2*1H4/b8-3+;;;. The number of hydrogen-bond donors (Lipinski definition) is 0. The highest BCUT2D eigenvalue weighted by Gasteiger charge is 2.19. The summed E-state index contributed by atoms with van der Waals surface area (Å²) in [6.45, 7) is 4.34. The lowest BCUT2D eigenvalue weighted by atomic mass is 10.1. The van der Waals surface area contributed by atoms with Gasteiger partial charge in [-0.2, -0.15) is 0 Å². The lowest BCUT2D eigenvalue weighted by Crippen LogP contribution is -1.80. The van der Waals surface area contributed by atoms with Gasteiger partial charge < -0.3 is 0 Å². The molecule has 0 N–H and O–H groups in total. The van der Waals surface area contributed by atoms with Crippen LogP contribution in [-0.4, -0.2) is 0 Å². The Kier molecular flexibility index (Phi) is 6.87. The minimum absolute atomic E-state index is 0. The molecule has 3 aliphatic rings. The van der Waals surface area contributed by atoms with Gasteiger partial charge in [0.1, 0.15) is 0 Å². The lowest BCUT2D eigenvalue weighted by Gasteiger charge is -1.93. The van der Waals surface area contributed by atoms with E-state index in [1.165, 1.54) is 18.4 Å². The molecule has 3 aliphatic carbocycles. The first-order chi connectivity index (χ1) is 7.28. The second-order valence-electron chi connectivity index (χ2n) is 4.74. The Morgan fingerprint density at radius 1 is 1.00 bits per heavy atom. The summed E-state index contributed by atoms with van der Waals surface area (Å²) in [5, 5.41) is 0. The van der Waals surface area contributed by atoms with Crippen LogP contribution in [0.2, 0.25) is 0 Å². The Morgan fingerprint density at radius 2 is 1.53 bits per heavy atom. The molecule has 0 amide bonds. The van der Waals surface area contributed by atoms with Crippen molar-refractivity contribution in [2.45, 2.75) is 41.5 Å². The Labute approximate surface area is 108 Å². The lowest BCUT2D eigenvalue weighted by molar-refractivity contribution is 0.732. The molecule has 1 unspecified atom stereocenters. The molecule has 17 heavy (non-hydrogen) atoms. The second-order valence-corrected chi connectivity index (χ2v) is 4.74. The van der Waals surface area contributed by atoms with Crippen molar-refractivity contribution >= 4 is 0 Å². The van der Waals surface area contributed by atoms with E-state index in [9.17, 15) is 0 Å². The highest BCUT2D eigenvalue weighted by Crippen LogP contribution is 2.31. The van der Waals surface area contributed by atoms with Crippen molar-refractivity contribution in [1.82, 2.24) is 0 Å². The van der Waals surface area contributed by atoms with Gasteiger partial charge in [-0.05, 0) is 37.5 Å². The van der Waals surface area contributed by atoms with Crippen molar-refractivity contribution in [2.75, 3.05) is 0 Å². The molecule has 0 saturated heterocycles. The van der Waals surface area contributed by atoms with Crippen molar-refractivity contribution in [3.63, 3.8) is 0 Å². The van der Waals surface area contributed by atoms with E-state index in [-0.39, 0.29) is 14.9 Å². The third-order valence-electron chi connectivity index (χ3n) is 3.32. The van der Waals surface area contributed by atoms with Crippen LogP contribution >= 0.6 is 0 Å². The average Bonchev–Trinajstić information content (AvgIpc) is 2.94. The Balaban J connectivity index is 0.000000270. The van der Waals surface area contributed by atoms with E-state index in [0.29, 0.717) is 0 Å². The number of rotatable bonds is 0. The summed E-state index contributed by atoms with van der Waals surface area (Å²) in [4.78, 5) is 0. The molecule has 0 nitrogen and oxygen atoms in total. The number of hydrogen-bond acceptors (Lipinski definition) is 0. The summed E-state index contributed by atoms with van der Waals surface area (Å²) in [7, 11) is 0. The summed E-state index contributed by atoms with van der Waals surface area (Å²) in [5.74, 6) is 2.40. The van der Waals surface area contributed by atoms with Crippen LogP contribution in [0.4, 0.5) is 0 Å². The van der Waals surface area contributed by atoms with Crippen LogP contribution in [0.5, 0.6) is 0 Å². The van der Waals surface area contributed by atoms with E-state index >= 15 is 0 Å². The van der Waals surface area contributed by atoms with Crippen molar-refractivity contribution in [3.05, 3.63) is 48.1 Å². The Bertz CT molecular complexity index is 300. The molecule has 1 atom stereocenters. The molecule has 0 fully saturated rings. The zero-order valence-corrected chi connectivity index (χ0v) is 9.69. The SMILES string of the molecule is C.C.C/C=C1\C=CC(C)C1.C1=CC2C=CC1C2. The van der Waals surface area contributed by atoms with Crippen LogP contribution in [0.15, 0.2) is 48.1 Å². The molecular weight excluding hydrogens is 204 g/mol. The first-order valence-corrected chi connectivity index (χ1v) is 5.98. The van der Waals surface area contributed by atoms with Crippen LogP contribution in [0.3, 0.4) is 0 Å². The van der Waals surface area contributed by atoms with Gasteiger partial charge in [0.05, 0.1) is 0 Å². The van der Waals surface area contributed by atoms with Crippen molar-refractivity contribution in [3.8, 4) is 0 Å². The van der Waals surface area contributed by atoms with Crippen LogP contribution in [0.25, 0.3) is 0 Å². The molecule has 0 heterocycles. The second kappa shape index (κ2) is 7.32. The summed E-state index contributed by atoms with van der Waals surface area (Å²) in [5.41, 5.74) is 1.48. The van der Waals surface area contributed by atoms with E-state index in [1.807, 2.05) is 0 Å². The Hall–Kier alpha value is -1.04. The summed E-state index contributed by atoms with van der Waals surface area (Å²) >= 11 is 0. The molecule has 0 spiro atoms. The smallest absolute Gasteiger partial charge is 0.00445 e. The van der Waals surface area contributed by atoms with E-state index in [1.54, 1.807) is 0 Å². The topological polar surface area (TPSA) is 0 Å². The summed E-state index contributed by atoms with van der Waals surface area (Å²) in [6, 6.07) is 0. The van der Waals surface area contributed by atoms with Gasteiger partial charge in [0.15, 0.2) is 0 Å².